The van der Waals surface area contributed by atoms with E-state index in [-0.39, 0.29) is 5.91 Å². The molecule has 1 saturated heterocycles. The molecule has 1 N–H and O–H groups in total. The Hall–Kier alpha value is -1.43. The first-order valence-corrected chi connectivity index (χ1v) is 9.07. The number of aryl methyl sites for hydroxylation is 1. The zero-order chi connectivity index (χ0) is 16.2. The highest BCUT2D eigenvalue weighted by Crippen LogP contribution is 2.22. The second kappa shape index (κ2) is 7.43. The Bertz CT molecular complexity index is 678. The number of likely N-dealkylation sites (tertiary alicyclic amines) is 1. The summed E-state index contributed by atoms with van der Waals surface area (Å²) in [6.07, 6.45) is 3.51. The van der Waals surface area contributed by atoms with Crippen LogP contribution in [-0.4, -0.2) is 35.4 Å². The molecule has 0 aliphatic carbocycles. The normalized spacial score (nSPS) is 15.0. The van der Waals surface area contributed by atoms with Crippen molar-refractivity contribution in [2.45, 2.75) is 26.2 Å². The summed E-state index contributed by atoms with van der Waals surface area (Å²) in [7, 11) is 0. The summed E-state index contributed by atoms with van der Waals surface area (Å²) in [5.74, 6) is -0.102. The average Bonchev–Trinajstić information content (AvgIpc) is 3.17. The van der Waals surface area contributed by atoms with Gasteiger partial charge in [-0.15, -0.1) is 11.3 Å². The van der Waals surface area contributed by atoms with Crippen LogP contribution in [-0.2, 0) is 6.42 Å². The van der Waals surface area contributed by atoms with E-state index >= 15 is 0 Å². The van der Waals surface area contributed by atoms with E-state index in [0.29, 0.717) is 9.90 Å². The van der Waals surface area contributed by atoms with E-state index in [4.69, 9.17) is 11.6 Å². The van der Waals surface area contributed by atoms with Crippen LogP contribution in [0.25, 0.3) is 0 Å². The van der Waals surface area contributed by atoms with Gasteiger partial charge in [0.1, 0.15) is 4.88 Å². The molecule has 1 aromatic carbocycles. The van der Waals surface area contributed by atoms with E-state index in [1.807, 2.05) is 6.92 Å². The molecule has 2 heterocycles. The number of carbonyl (C=O) groups is 1. The molecule has 1 fully saturated rings. The van der Waals surface area contributed by atoms with Crippen LogP contribution in [0.5, 0.6) is 0 Å². The maximum Gasteiger partial charge on any atom is 0.267 e. The zero-order valence-corrected chi connectivity index (χ0v) is 14.7. The predicted octanol–water partition coefficient (Wildman–Crippen LogP) is 4.00. The number of hydrogen-bond donors (Lipinski definition) is 1. The molecule has 0 bridgehead atoms. The Morgan fingerprint density at radius 1 is 1.30 bits per heavy atom. The number of halogens is 1. The topological polar surface area (TPSA) is 45.2 Å². The van der Waals surface area contributed by atoms with Gasteiger partial charge in [-0.3, -0.25) is 4.79 Å². The van der Waals surface area contributed by atoms with Gasteiger partial charge in [-0.05, 0) is 57.1 Å². The van der Waals surface area contributed by atoms with Crippen molar-refractivity contribution in [3.05, 3.63) is 44.9 Å². The molecule has 4 nitrogen and oxygen atoms in total. The summed E-state index contributed by atoms with van der Waals surface area (Å²) in [4.78, 5) is 20.1. The van der Waals surface area contributed by atoms with Gasteiger partial charge in [0.15, 0.2) is 0 Å². The minimum atomic E-state index is -0.102. The van der Waals surface area contributed by atoms with Crippen molar-refractivity contribution in [2.75, 3.05) is 25.0 Å². The molecule has 1 amide bonds. The highest BCUT2D eigenvalue weighted by Gasteiger charge is 2.17. The Morgan fingerprint density at radius 3 is 2.70 bits per heavy atom. The lowest BCUT2D eigenvalue weighted by Crippen LogP contribution is -2.21. The smallest absolute Gasteiger partial charge is 0.267 e. The Labute approximate surface area is 145 Å². The fraction of sp³-hybridized carbons (Fsp3) is 0.412. The third-order valence-corrected chi connectivity index (χ3v) is 5.46. The van der Waals surface area contributed by atoms with Gasteiger partial charge in [0, 0.05) is 23.7 Å². The number of nitrogens with zero attached hydrogens (tertiary/aromatic N) is 2. The predicted molar refractivity (Wildman–Crippen MR) is 95.6 cm³/mol. The molecule has 1 aromatic heterocycles. The minimum absolute atomic E-state index is 0.102. The molecule has 0 radical (unpaired) electrons. The maximum absolute atomic E-state index is 12.4. The quantitative estimate of drug-likeness (QED) is 0.887. The van der Waals surface area contributed by atoms with Crippen LogP contribution in [0.1, 0.15) is 33.2 Å². The number of rotatable bonds is 5. The Morgan fingerprint density at radius 2 is 2.00 bits per heavy atom. The fourth-order valence-electron chi connectivity index (χ4n) is 2.75. The first-order chi connectivity index (χ1) is 11.1. The number of nitrogens with one attached hydrogen (secondary N) is 1. The second-order valence-electron chi connectivity index (χ2n) is 5.78. The van der Waals surface area contributed by atoms with E-state index in [2.05, 4.69) is 15.2 Å². The number of amides is 1. The molecule has 6 heteroatoms. The molecule has 1 aliphatic rings. The van der Waals surface area contributed by atoms with Gasteiger partial charge in [-0.1, -0.05) is 11.6 Å². The molecule has 122 valence electrons. The number of hydrogen-bond acceptors (Lipinski definition) is 4. The van der Waals surface area contributed by atoms with Crippen molar-refractivity contribution in [3.63, 3.8) is 0 Å². The number of thiazole rings is 1. The maximum atomic E-state index is 12.4. The highest BCUT2D eigenvalue weighted by atomic mass is 35.5. The summed E-state index contributed by atoms with van der Waals surface area (Å²) >= 11 is 7.36. The van der Waals surface area contributed by atoms with Gasteiger partial charge in [0.25, 0.3) is 5.91 Å². The summed E-state index contributed by atoms with van der Waals surface area (Å²) in [5, 5.41) is 4.59. The number of aromatic nitrogens is 1. The molecule has 3 rings (SSSR count). The first kappa shape index (κ1) is 16.4. The van der Waals surface area contributed by atoms with Gasteiger partial charge < -0.3 is 10.2 Å². The molecule has 1 aliphatic heterocycles. The van der Waals surface area contributed by atoms with Crippen LogP contribution >= 0.6 is 22.9 Å². The summed E-state index contributed by atoms with van der Waals surface area (Å²) in [6.45, 7) is 5.31. The molecule has 0 spiro atoms. The van der Waals surface area contributed by atoms with Crippen molar-refractivity contribution < 1.29 is 4.79 Å². The fourth-order valence-corrected chi connectivity index (χ4v) is 3.83. The van der Waals surface area contributed by atoms with E-state index in [1.54, 1.807) is 24.3 Å². The largest absolute Gasteiger partial charge is 0.321 e. The van der Waals surface area contributed by atoms with Crippen LogP contribution in [0.15, 0.2) is 24.3 Å². The number of anilines is 1. The molecule has 0 saturated carbocycles. The van der Waals surface area contributed by atoms with Gasteiger partial charge in [0.2, 0.25) is 0 Å². The van der Waals surface area contributed by atoms with Crippen molar-refractivity contribution in [1.29, 1.82) is 0 Å². The van der Waals surface area contributed by atoms with Crippen LogP contribution in [0.4, 0.5) is 5.69 Å². The standard InChI is InChI=1S/C17H20ClN3OS/c1-12-16(17(22)20-14-6-4-13(18)5-7-14)23-15(19-12)8-11-21-9-2-3-10-21/h4-7H,2-3,8-11H2,1H3,(H,20,22). The SMILES string of the molecule is Cc1nc(CCN2CCCC2)sc1C(=O)Nc1ccc(Cl)cc1. The summed E-state index contributed by atoms with van der Waals surface area (Å²) in [5.41, 5.74) is 1.55. The summed E-state index contributed by atoms with van der Waals surface area (Å²) < 4.78 is 0. The lowest BCUT2D eigenvalue weighted by Gasteiger charge is -2.12. The van der Waals surface area contributed by atoms with E-state index < -0.39 is 0 Å². The minimum Gasteiger partial charge on any atom is -0.321 e. The van der Waals surface area contributed by atoms with Gasteiger partial charge in [-0.2, -0.15) is 0 Å². The van der Waals surface area contributed by atoms with E-state index in [9.17, 15) is 4.79 Å². The van der Waals surface area contributed by atoms with Gasteiger partial charge >= 0.3 is 0 Å². The molecule has 2 aromatic rings. The number of benzene rings is 1. The van der Waals surface area contributed by atoms with Crippen LogP contribution in [0.2, 0.25) is 5.02 Å². The van der Waals surface area contributed by atoms with Crippen LogP contribution in [0, 0.1) is 6.92 Å². The van der Waals surface area contributed by atoms with Gasteiger partial charge in [0.05, 0.1) is 10.7 Å². The van der Waals surface area contributed by atoms with Crippen molar-refractivity contribution in [3.8, 4) is 0 Å². The average molecular weight is 350 g/mol. The molecular weight excluding hydrogens is 330 g/mol. The van der Waals surface area contributed by atoms with Crippen molar-refractivity contribution in [1.82, 2.24) is 9.88 Å². The molecule has 0 unspecified atom stereocenters. The zero-order valence-electron chi connectivity index (χ0n) is 13.1. The van der Waals surface area contributed by atoms with E-state index in [0.717, 1.165) is 29.4 Å². The third-order valence-electron chi connectivity index (χ3n) is 3.99. The molecule has 23 heavy (non-hydrogen) atoms. The highest BCUT2D eigenvalue weighted by molar-refractivity contribution is 7.13. The molecule has 0 atom stereocenters. The van der Waals surface area contributed by atoms with Crippen LogP contribution < -0.4 is 5.32 Å². The van der Waals surface area contributed by atoms with Crippen molar-refractivity contribution >= 4 is 34.5 Å². The monoisotopic (exact) mass is 349 g/mol. The Kier molecular flexibility index (Phi) is 5.30. The van der Waals surface area contributed by atoms with Crippen LogP contribution in [0.3, 0.4) is 0 Å². The lowest BCUT2D eigenvalue weighted by molar-refractivity contribution is 0.103. The number of carbonyl (C=O) groups excluding carboxylic acids is 1. The Balaban J connectivity index is 1.62. The van der Waals surface area contributed by atoms with Crippen molar-refractivity contribution in [2.24, 2.45) is 0 Å². The first-order valence-electron chi connectivity index (χ1n) is 7.87. The third kappa shape index (κ3) is 4.31. The summed E-state index contributed by atoms with van der Waals surface area (Å²) in [6, 6.07) is 7.12. The van der Waals surface area contributed by atoms with Gasteiger partial charge in [-0.25, -0.2) is 4.98 Å². The van der Waals surface area contributed by atoms with E-state index in [1.165, 1.54) is 37.3 Å². The molecular formula is C17H20ClN3OS. The lowest BCUT2D eigenvalue weighted by atomic mass is 10.3. The second-order valence-corrected chi connectivity index (χ2v) is 7.30.